The minimum atomic E-state index is -1.62. The maximum absolute atomic E-state index is 14.2. The van der Waals surface area contributed by atoms with Crippen LogP contribution in [0.2, 0.25) is 0 Å². The molecule has 2 rings (SSSR count). The standard InChI is InChI=1S/C16H20F2N4OS2/c1-2-3-6-20-15(24)25-9-16(23,8-22-11-19-10-21-22)13-5-4-12(17)7-14(13)18/h4-5,7,10-11,23H,2-3,6,8-9H2,1H3,(H,20,24). The Hall–Kier alpha value is -1.58. The topological polar surface area (TPSA) is 63.0 Å². The van der Waals surface area contributed by atoms with Gasteiger partial charge in [-0.25, -0.2) is 18.4 Å². The Bertz CT molecular complexity index is 699. The van der Waals surface area contributed by atoms with Crippen LogP contribution >= 0.6 is 24.0 Å². The molecule has 9 heteroatoms. The number of rotatable bonds is 8. The van der Waals surface area contributed by atoms with Crippen molar-refractivity contribution >= 4 is 28.3 Å². The Labute approximate surface area is 154 Å². The fourth-order valence-corrected chi connectivity index (χ4v) is 3.36. The zero-order valence-electron chi connectivity index (χ0n) is 13.8. The monoisotopic (exact) mass is 386 g/mol. The number of benzene rings is 1. The first kappa shape index (κ1) is 19.7. The van der Waals surface area contributed by atoms with E-state index in [1.807, 2.05) is 0 Å². The smallest absolute Gasteiger partial charge is 0.137 e. The molecule has 136 valence electrons. The van der Waals surface area contributed by atoms with Gasteiger partial charge in [0.1, 0.15) is 34.2 Å². The van der Waals surface area contributed by atoms with Gasteiger partial charge in [0.15, 0.2) is 0 Å². The summed E-state index contributed by atoms with van der Waals surface area (Å²) in [5, 5.41) is 18.1. The number of unbranched alkanes of at least 4 members (excludes halogenated alkanes) is 1. The average molecular weight is 386 g/mol. The van der Waals surface area contributed by atoms with Crippen LogP contribution < -0.4 is 5.32 Å². The summed E-state index contributed by atoms with van der Waals surface area (Å²) in [6.45, 7) is 2.79. The maximum atomic E-state index is 14.2. The first-order valence-corrected chi connectivity index (χ1v) is 9.25. The van der Waals surface area contributed by atoms with Crippen LogP contribution in [-0.2, 0) is 12.1 Å². The number of thioether (sulfide) groups is 1. The van der Waals surface area contributed by atoms with Crippen LogP contribution in [0.1, 0.15) is 25.3 Å². The molecule has 1 aromatic carbocycles. The fourth-order valence-electron chi connectivity index (χ4n) is 2.26. The Balaban J connectivity index is 2.16. The molecule has 2 aromatic rings. The second-order valence-corrected chi connectivity index (χ2v) is 7.26. The van der Waals surface area contributed by atoms with E-state index in [1.165, 1.54) is 35.2 Å². The van der Waals surface area contributed by atoms with E-state index in [1.54, 1.807) is 0 Å². The summed E-state index contributed by atoms with van der Waals surface area (Å²) < 4.78 is 29.4. The summed E-state index contributed by atoms with van der Waals surface area (Å²) in [4.78, 5) is 3.82. The molecule has 5 nitrogen and oxygen atoms in total. The third-order valence-corrected chi connectivity index (χ3v) is 5.09. The molecule has 0 aliphatic rings. The Morgan fingerprint density at radius 1 is 1.44 bits per heavy atom. The van der Waals surface area contributed by atoms with Gasteiger partial charge in [-0.15, -0.1) is 0 Å². The first-order valence-electron chi connectivity index (χ1n) is 7.85. The molecule has 1 unspecified atom stereocenters. The van der Waals surface area contributed by atoms with Gasteiger partial charge in [-0.2, -0.15) is 5.10 Å². The van der Waals surface area contributed by atoms with Crippen LogP contribution in [0.25, 0.3) is 0 Å². The van der Waals surface area contributed by atoms with E-state index in [0.29, 0.717) is 4.32 Å². The van der Waals surface area contributed by atoms with Crippen LogP contribution in [0.3, 0.4) is 0 Å². The van der Waals surface area contributed by atoms with Crippen molar-refractivity contribution in [2.45, 2.75) is 31.9 Å². The molecule has 0 amide bonds. The van der Waals surface area contributed by atoms with Gasteiger partial charge < -0.3 is 10.4 Å². The van der Waals surface area contributed by atoms with E-state index in [4.69, 9.17) is 12.2 Å². The number of hydrogen-bond acceptors (Lipinski definition) is 5. The van der Waals surface area contributed by atoms with E-state index in [-0.39, 0.29) is 17.9 Å². The van der Waals surface area contributed by atoms with Crippen molar-refractivity contribution in [3.05, 3.63) is 48.1 Å². The van der Waals surface area contributed by atoms with E-state index < -0.39 is 17.2 Å². The lowest BCUT2D eigenvalue weighted by molar-refractivity contribution is 0.0362. The van der Waals surface area contributed by atoms with Gasteiger partial charge in [-0.1, -0.05) is 43.4 Å². The largest absolute Gasteiger partial charge is 0.382 e. The number of nitrogens with one attached hydrogen (secondary N) is 1. The molecular weight excluding hydrogens is 366 g/mol. The maximum Gasteiger partial charge on any atom is 0.137 e. The lowest BCUT2D eigenvalue weighted by Crippen LogP contribution is -2.36. The molecule has 0 saturated carbocycles. The number of hydrogen-bond donors (Lipinski definition) is 2. The molecule has 25 heavy (non-hydrogen) atoms. The Morgan fingerprint density at radius 3 is 2.88 bits per heavy atom. The van der Waals surface area contributed by atoms with Gasteiger partial charge in [0.25, 0.3) is 0 Å². The third-order valence-electron chi connectivity index (χ3n) is 3.56. The highest BCUT2D eigenvalue weighted by molar-refractivity contribution is 8.23. The Morgan fingerprint density at radius 2 is 2.24 bits per heavy atom. The van der Waals surface area contributed by atoms with E-state index in [2.05, 4.69) is 22.3 Å². The molecule has 0 aliphatic carbocycles. The van der Waals surface area contributed by atoms with Crippen LogP contribution in [-0.4, -0.2) is 36.5 Å². The quantitative estimate of drug-likeness (QED) is 0.537. The summed E-state index contributed by atoms with van der Waals surface area (Å²) >= 11 is 6.45. The fraction of sp³-hybridized carbons (Fsp3) is 0.438. The molecule has 1 heterocycles. The zero-order chi connectivity index (χ0) is 18.3. The van der Waals surface area contributed by atoms with Crippen molar-refractivity contribution in [2.24, 2.45) is 0 Å². The highest BCUT2D eigenvalue weighted by Crippen LogP contribution is 2.30. The third kappa shape index (κ3) is 5.72. The van der Waals surface area contributed by atoms with Crippen molar-refractivity contribution < 1.29 is 13.9 Å². The van der Waals surface area contributed by atoms with Crippen LogP contribution in [0.5, 0.6) is 0 Å². The zero-order valence-corrected chi connectivity index (χ0v) is 15.4. The summed E-state index contributed by atoms with van der Waals surface area (Å²) in [5.74, 6) is -1.42. The molecule has 0 bridgehead atoms. The lowest BCUT2D eigenvalue weighted by Gasteiger charge is -2.28. The van der Waals surface area contributed by atoms with Gasteiger partial charge in [-0.3, -0.25) is 0 Å². The molecule has 2 N–H and O–H groups in total. The van der Waals surface area contributed by atoms with E-state index in [0.717, 1.165) is 31.5 Å². The molecule has 1 aromatic heterocycles. The van der Waals surface area contributed by atoms with Gasteiger partial charge in [-0.05, 0) is 12.5 Å². The molecule has 0 aliphatic heterocycles. The van der Waals surface area contributed by atoms with Crippen molar-refractivity contribution in [1.29, 1.82) is 0 Å². The minimum absolute atomic E-state index is 0.00624. The van der Waals surface area contributed by atoms with Gasteiger partial charge in [0.2, 0.25) is 0 Å². The lowest BCUT2D eigenvalue weighted by atomic mass is 9.95. The Kier molecular flexibility index (Phi) is 7.27. The number of aliphatic hydroxyl groups is 1. The van der Waals surface area contributed by atoms with Crippen molar-refractivity contribution in [2.75, 3.05) is 12.3 Å². The van der Waals surface area contributed by atoms with E-state index in [9.17, 15) is 13.9 Å². The average Bonchev–Trinajstić information content (AvgIpc) is 3.06. The summed E-state index contributed by atoms with van der Waals surface area (Å²) in [6.07, 6.45) is 4.77. The minimum Gasteiger partial charge on any atom is -0.382 e. The molecule has 0 radical (unpaired) electrons. The number of thiocarbonyl (C=S) groups is 1. The molecule has 1 atom stereocenters. The van der Waals surface area contributed by atoms with E-state index >= 15 is 0 Å². The number of halogens is 2. The predicted octanol–water partition coefficient (Wildman–Crippen LogP) is 2.85. The summed E-state index contributed by atoms with van der Waals surface area (Å²) in [7, 11) is 0. The molecule has 0 spiro atoms. The molecular formula is C16H20F2N4OS2. The first-order chi connectivity index (χ1) is 11.9. The van der Waals surface area contributed by atoms with Crippen molar-refractivity contribution in [3.63, 3.8) is 0 Å². The SMILES string of the molecule is CCCCNC(=S)SCC(O)(Cn1cncn1)c1ccc(F)cc1F. The second-order valence-electron chi connectivity index (χ2n) is 5.61. The number of aromatic nitrogens is 3. The normalized spacial score (nSPS) is 13.4. The van der Waals surface area contributed by atoms with Crippen molar-refractivity contribution in [3.8, 4) is 0 Å². The number of nitrogens with zero attached hydrogens (tertiary/aromatic N) is 3. The van der Waals surface area contributed by atoms with Crippen LogP contribution in [0.4, 0.5) is 8.78 Å². The second kappa shape index (κ2) is 9.21. The van der Waals surface area contributed by atoms with Gasteiger partial charge >= 0.3 is 0 Å². The molecule has 0 saturated heterocycles. The summed E-state index contributed by atoms with van der Waals surface area (Å²) in [5.41, 5.74) is -1.62. The van der Waals surface area contributed by atoms with Crippen molar-refractivity contribution in [1.82, 2.24) is 20.1 Å². The predicted molar refractivity (Wildman–Crippen MR) is 98.2 cm³/mol. The van der Waals surface area contributed by atoms with Gasteiger partial charge in [0, 0.05) is 23.9 Å². The summed E-state index contributed by atoms with van der Waals surface area (Å²) in [6, 6.07) is 3.12. The van der Waals surface area contributed by atoms with Crippen LogP contribution in [0, 0.1) is 11.6 Å². The highest BCUT2D eigenvalue weighted by atomic mass is 32.2. The van der Waals surface area contributed by atoms with Gasteiger partial charge in [0.05, 0.1) is 6.54 Å². The van der Waals surface area contributed by atoms with Crippen LogP contribution in [0.15, 0.2) is 30.9 Å². The highest BCUT2D eigenvalue weighted by Gasteiger charge is 2.34. The molecule has 0 fully saturated rings.